The van der Waals surface area contributed by atoms with Gasteiger partial charge in [-0.3, -0.25) is 10.1 Å². The van der Waals surface area contributed by atoms with Crippen molar-refractivity contribution in [2.45, 2.75) is 25.7 Å². The van der Waals surface area contributed by atoms with Crippen molar-refractivity contribution in [3.63, 3.8) is 0 Å². The predicted octanol–water partition coefficient (Wildman–Crippen LogP) is 4.02. The molecule has 120 valence electrons. The number of halogens is 1. The molecule has 0 spiro atoms. The lowest BCUT2D eigenvalue weighted by molar-refractivity contribution is 0.100. The van der Waals surface area contributed by atoms with Crippen molar-refractivity contribution >= 4 is 45.6 Å². The first-order chi connectivity index (χ1) is 11.0. The molecule has 0 unspecified atom stereocenters. The zero-order valence-corrected chi connectivity index (χ0v) is 13.9. The molecule has 0 bridgehead atoms. The Labute approximate surface area is 142 Å². The summed E-state index contributed by atoms with van der Waals surface area (Å²) >= 11 is 7.33. The molecule has 0 saturated carbocycles. The molecular weight excluding hydrogens is 334 g/mol. The lowest BCUT2D eigenvalue weighted by Gasteiger charge is -2.11. The number of amides is 3. The third-order valence-corrected chi connectivity index (χ3v) is 5.17. The molecule has 7 heteroatoms. The highest BCUT2D eigenvalue weighted by Crippen LogP contribution is 2.37. The van der Waals surface area contributed by atoms with Gasteiger partial charge in [0, 0.05) is 15.6 Å². The summed E-state index contributed by atoms with van der Waals surface area (Å²) in [6, 6.07) is 6.43. The molecule has 0 saturated heterocycles. The maximum Gasteiger partial charge on any atom is 0.324 e. The number of thiophene rings is 1. The molecule has 1 heterocycles. The number of nitrogens with two attached hydrogens (primary N) is 1. The highest BCUT2D eigenvalue weighted by Gasteiger charge is 2.24. The van der Waals surface area contributed by atoms with Gasteiger partial charge in [-0.15, -0.1) is 11.3 Å². The van der Waals surface area contributed by atoms with Crippen molar-refractivity contribution in [2.75, 3.05) is 10.6 Å². The Bertz CT molecular complexity index is 773. The number of urea groups is 1. The topological polar surface area (TPSA) is 84.2 Å². The first-order valence-electron chi connectivity index (χ1n) is 7.32. The van der Waals surface area contributed by atoms with Crippen LogP contribution < -0.4 is 16.4 Å². The summed E-state index contributed by atoms with van der Waals surface area (Å²) in [5.41, 5.74) is 7.53. The molecule has 0 fully saturated rings. The maximum absolute atomic E-state index is 12.2. The molecule has 1 aromatic carbocycles. The minimum absolute atomic E-state index is 0.423. The van der Waals surface area contributed by atoms with Gasteiger partial charge in [-0.05, 0) is 49.4 Å². The van der Waals surface area contributed by atoms with Crippen LogP contribution in [0.15, 0.2) is 24.3 Å². The van der Waals surface area contributed by atoms with Crippen molar-refractivity contribution in [1.82, 2.24) is 0 Å². The number of hydrogen-bond acceptors (Lipinski definition) is 3. The van der Waals surface area contributed by atoms with E-state index in [1.807, 2.05) is 0 Å². The van der Waals surface area contributed by atoms with Crippen molar-refractivity contribution in [1.29, 1.82) is 0 Å². The number of hydrogen-bond donors (Lipinski definition) is 3. The van der Waals surface area contributed by atoms with Crippen LogP contribution in [0.3, 0.4) is 0 Å². The molecule has 1 aliphatic carbocycles. The van der Waals surface area contributed by atoms with Crippen LogP contribution in [-0.4, -0.2) is 11.9 Å². The van der Waals surface area contributed by atoms with E-state index in [1.165, 1.54) is 11.3 Å². The van der Waals surface area contributed by atoms with Gasteiger partial charge in [-0.1, -0.05) is 17.7 Å². The Morgan fingerprint density at radius 1 is 1.17 bits per heavy atom. The van der Waals surface area contributed by atoms with Crippen LogP contribution in [0.2, 0.25) is 5.02 Å². The van der Waals surface area contributed by atoms with E-state index in [1.54, 1.807) is 24.3 Å². The van der Waals surface area contributed by atoms with Gasteiger partial charge < -0.3 is 11.1 Å². The summed E-state index contributed by atoms with van der Waals surface area (Å²) in [5.74, 6) is -0.498. The second-order valence-corrected chi connectivity index (χ2v) is 6.91. The molecule has 23 heavy (non-hydrogen) atoms. The van der Waals surface area contributed by atoms with E-state index in [0.29, 0.717) is 21.3 Å². The molecule has 1 aliphatic rings. The van der Waals surface area contributed by atoms with Gasteiger partial charge in [-0.25, -0.2) is 4.79 Å². The zero-order chi connectivity index (χ0) is 16.4. The fourth-order valence-corrected chi connectivity index (χ4v) is 4.23. The van der Waals surface area contributed by atoms with Gasteiger partial charge in [0.25, 0.3) is 5.91 Å². The summed E-state index contributed by atoms with van der Waals surface area (Å²) in [6.45, 7) is 0. The van der Waals surface area contributed by atoms with Crippen molar-refractivity contribution in [3.05, 3.63) is 45.3 Å². The number of carbonyl (C=O) groups is 2. The van der Waals surface area contributed by atoms with Crippen LogP contribution in [-0.2, 0) is 12.8 Å². The van der Waals surface area contributed by atoms with Crippen LogP contribution in [0.1, 0.15) is 33.6 Å². The fourth-order valence-electron chi connectivity index (χ4n) is 2.75. The second kappa shape index (κ2) is 6.60. The SMILES string of the molecule is NC(=O)c1c(NC(=O)Nc2cccc(Cl)c2)sc2c1CCCC2. The molecule has 1 aromatic heterocycles. The molecule has 2 aromatic rings. The Balaban J connectivity index is 1.81. The summed E-state index contributed by atoms with van der Waals surface area (Å²) in [4.78, 5) is 25.1. The monoisotopic (exact) mass is 349 g/mol. The van der Waals surface area contributed by atoms with Gasteiger partial charge in [0.1, 0.15) is 5.00 Å². The third-order valence-electron chi connectivity index (χ3n) is 3.73. The number of benzene rings is 1. The highest BCUT2D eigenvalue weighted by molar-refractivity contribution is 7.17. The van der Waals surface area contributed by atoms with Gasteiger partial charge in [0.05, 0.1) is 5.56 Å². The largest absolute Gasteiger partial charge is 0.365 e. The van der Waals surface area contributed by atoms with Crippen molar-refractivity contribution < 1.29 is 9.59 Å². The number of carbonyl (C=O) groups excluding carboxylic acids is 2. The molecule has 4 N–H and O–H groups in total. The van der Waals surface area contributed by atoms with Crippen LogP contribution in [0.5, 0.6) is 0 Å². The summed E-state index contributed by atoms with van der Waals surface area (Å²) < 4.78 is 0. The second-order valence-electron chi connectivity index (χ2n) is 5.37. The van der Waals surface area contributed by atoms with Crippen LogP contribution in [0.25, 0.3) is 0 Å². The smallest absolute Gasteiger partial charge is 0.324 e. The molecule has 3 rings (SSSR count). The first kappa shape index (κ1) is 15.8. The molecule has 0 radical (unpaired) electrons. The minimum Gasteiger partial charge on any atom is -0.365 e. The van der Waals surface area contributed by atoms with Crippen LogP contribution in [0, 0.1) is 0 Å². The Kier molecular flexibility index (Phi) is 4.54. The normalized spacial score (nSPS) is 13.3. The third kappa shape index (κ3) is 3.48. The van der Waals surface area contributed by atoms with Gasteiger partial charge in [0.2, 0.25) is 0 Å². The predicted molar refractivity (Wildman–Crippen MR) is 93.6 cm³/mol. The van der Waals surface area contributed by atoms with E-state index in [9.17, 15) is 9.59 Å². The number of nitrogens with one attached hydrogen (secondary N) is 2. The van der Waals surface area contributed by atoms with E-state index in [4.69, 9.17) is 17.3 Å². The van der Waals surface area contributed by atoms with Gasteiger partial charge in [-0.2, -0.15) is 0 Å². The lowest BCUT2D eigenvalue weighted by atomic mass is 9.95. The van der Waals surface area contributed by atoms with E-state index in [0.717, 1.165) is 36.1 Å². The summed E-state index contributed by atoms with van der Waals surface area (Å²) in [6.07, 6.45) is 3.90. The number of rotatable bonds is 3. The first-order valence-corrected chi connectivity index (χ1v) is 8.52. The molecule has 5 nitrogen and oxygen atoms in total. The Morgan fingerprint density at radius 3 is 2.70 bits per heavy atom. The molecule has 3 amide bonds. The fraction of sp³-hybridized carbons (Fsp3) is 0.250. The average molecular weight is 350 g/mol. The number of anilines is 2. The van der Waals surface area contributed by atoms with Gasteiger partial charge >= 0.3 is 6.03 Å². The van der Waals surface area contributed by atoms with E-state index in [2.05, 4.69) is 10.6 Å². The standard InChI is InChI=1S/C16H16ClN3O2S/c17-9-4-3-5-10(8-9)19-16(22)20-15-13(14(18)21)11-6-1-2-7-12(11)23-15/h3-5,8H,1-2,6-7H2,(H2,18,21)(H2,19,20,22). The zero-order valence-electron chi connectivity index (χ0n) is 12.3. The van der Waals surface area contributed by atoms with Crippen molar-refractivity contribution in [3.8, 4) is 0 Å². The van der Waals surface area contributed by atoms with E-state index >= 15 is 0 Å². The Hall–Kier alpha value is -2.05. The minimum atomic E-state index is -0.498. The van der Waals surface area contributed by atoms with Crippen molar-refractivity contribution in [2.24, 2.45) is 5.73 Å². The maximum atomic E-state index is 12.2. The number of primary amides is 1. The van der Waals surface area contributed by atoms with Crippen LogP contribution >= 0.6 is 22.9 Å². The molecule has 0 atom stereocenters. The van der Waals surface area contributed by atoms with Gasteiger partial charge in [0.15, 0.2) is 0 Å². The quantitative estimate of drug-likeness (QED) is 0.781. The highest BCUT2D eigenvalue weighted by atomic mass is 35.5. The van der Waals surface area contributed by atoms with Crippen LogP contribution in [0.4, 0.5) is 15.5 Å². The number of aryl methyl sites for hydroxylation is 1. The van der Waals surface area contributed by atoms with E-state index < -0.39 is 11.9 Å². The average Bonchev–Trinajstić information content (AvgIpc) is 2.84. The molecular formula is C16H16ClN3O2S. The lowest BCUT2D eigenvalue weighted by Crippen LogP contribution is -2.22. The summed E-state index contributed by atoms with van der Waals surface area (Å²) in [7, 11) is 0. The van der Waals surface area contributed by atoms with E-state index in [-0.39, 0.29) is 0 Å². The molecule has 0 aliphatic heterocycles. The Morgan fingerprint density at radius 2 is 1.96 bits per heavy atom. The summed E-state index contributed by atoms with van der Waals surface area (Å²) in [5, 5.41) is 6.49. The number of fused-ring (bicyclic) bond motifs is 1.